The minimum Gasteiger partial charge on any atom is -0.346 e. The monoisotopic (exact) mass is 278 g/mol. The highest BCUT2D eigenvalue weighted by molar-refractivity contribution is 5.76. The van der Waals surface area contributed by atoms with Gasteiger partial charge in [-0.1, -0.05) is 6.07 Å². The molecule has 5 nitrogen and oxygen atoms in total. The number of nitrogens with two attached hydrogens (primary N) is 1. The van der Waals surface area contributed by atoms with Crippen molar-refractivity contribution >= 4 is 5.91 Å². The molecule has 1 rings (SSSR count). The number of amides is 1. The number of carbonyl (C=O) groups is 1. The van der Waals surface area contributed by atoms with Gasteiger partial charge in [0.1, 0.15) is 0 Å². The number of rotatable bonds is 8. The lowest BCUT2D eigenvalue weighted by Gasteiger charge is -2.20. The number of nitrogens with zero attached hydrogens (tertiary/aromatic N) is 3. The van der Waals surface area contributed by atoms with Crippen LogP contribution in [0.4, 0.5) is 0 Å². The van der Waals surface area contributed by atoms with E-state index in [-0.39, 0.29) is 5.91 Å². The molecule has 0 aliphatic carbocycles. The van der Waals surface area contributed by atoms with Crippen LogP contribution < -0.4 is 5.73 Å². The summed E-state index contributed by atoms with van der Waals surface area (Å²) in [5.41, 5.74) is 7.50. The van der Waals surface area contributed by atoms with E-state index in [0.29, 0.717) is 13.0 Å². The zero-order valence-corrected chi connectivity index (χ0v) is 12.8. The summed E-state index contributed by atoms with van der Waals surface area (Å²) in [6, 6.07) is 6.01. The van der Waals surface area contributed by atoms with Crippen LogP contribution in [0.5, 0.6) is 0 Å². The van der Waals surface area contributed by atoms with Gasteiger partial charge in [-0.25, -0.2) is 0 Å². The Morgan fingerprint density at radius 3 is 2.70 bits per heavy atom. The zero-order valence-electron chi connectivity index (χ0n) is 12.8. The molecule has 0 aromatic carbocycles. The fraction of sp³-hybridized carbons (Fsp3) is 0.600. The number of carbonyl (C=O) groups excluding carboxylic acids is 1. The van der Waals surface area contributed by atoms with Gasteiger partial charge in [-0.3, -0.25) is 9.78 Å². The third-order valence-electron chi connectivity index (χ3n) is 3.21. The van der Waals surface area contributed by atoms with Crippen molar-refractivity contribution in [3.63, 3.8) is 0 Å². The Labute approximate surface area is 121 Å². The van der Waals surface area contributed by atoms with E-state index in [9.17, 15) is 4.79 Å². The van der Waals surface area contributed by atoms with Crippen molar-refractivity contribution in [1.29, 1.82) is 0 Å². The zero-order chi connectivity index (χ0) is 15.0. The number of pyridine rings is 1. The molecule has 0 radical (unpaired) electrons. The average Bonchev–Trinajstić information content (AvgIpc) is 2.42. The minimum atomic E-state index is 0.169. The molecule has 0 spiro atoms. The lowest BCUT2D eigenvalue weighted by atomic mass is 10.3. The van der Waals surface area contributed by atoms with Crippen LogP contribution in [0.1, 0.15) is 24.2 Å². The van der Waals surface area contributed by atoms with E-state index in [1.165, 1.54) is 0 Å². The molecule has 20 heavy (non-hydrogen) atoms. The summed E-state index contributed by atoms with van der Waals surface area (Å²) in [7, 11) is 3.84. The van der Waals surface area contributed by atoms with Crippen LogP contribution in [0.3, 0.4) is 0 Å². The van der Waals surface area contributed by atoms with Crippen LogP contribution in [0.15, 0.2) is 18.2 Å². The standard InChI is InChI=1S/C15H26N4O/c1-13-6-4-7-14(17-13)12-18(2)11-8-15(20)19(3)10-5-9-16/h4,6-7H,5,8-12,16H2,1-3H3. The van der Waals surface area contributed by atoms with Gasteiger partial charge in [-0.05, 0) is 39.1 Å². The third-order valence-corrected chi connectivity index (χ3v) is 3.21. The topological polar surface area (TPSA) is 62.5 Å². The second-order valence-electron chi connectivity index (χ2n) is 5.22. The summed E-state index contributed by atoms with van der Waals surface area (Å²) in [5, 5.41) is 0. The number of hydrogen-bond acceptors (Lipinski definition) is 4. The Morgan fingerprint density at radius 2 is 2.05 bits per heavy atom. The molecule has 0 aliphatic heterocycles. The van der Waals surface area contributed by atoms with Gasteiger partial charge >= 0.3 is 0 Å². The van der Waals surface area contributed by atoms with Crippen LogP contribution in [0, 0.1) is 6.92 Å². The van der Waals surface area contributed by atoms with Gasteiger partial charge in [0.15, 0.2) is 0 Å². The molecule has 0 bridgehead atoms. The summed E-state index contributed by atoms with van der Waals surface area (Å²) in [6.45, 7) is 4.84. The summed E-state index contributed by atoms with van der Waals surface area (Å²) in [5.74, 6) is 0.169. The van der Waals surface area contributed by atoms with Gasteiger partial charge < -0.3 is 15.5 Å². The maximum absolute atomic E-state index is 11.9. The fourth-order valence-electron chi connectivity index (χ4n) is 1.97. The lowest BCUT2D eigenvalue weighted by Crippen LogP contribution is -2.32. The van der Waals surface area contributed by atoms with Crippen LogP contribution >= 0.6 is 0 Å². The number of hydrogen-bond donors (Lipinski definition) is 1. The molecule has 0 saturated carbocycles. The minimum absolute atomic E-state index is 0.169. The Balaban J connectivity index is 2.32. The number of aromatic nitrogens is 1. The van der Waals surface area contributed by atoms with Gasteiger partial charge in [0.05, 0.1) is 5.69 Å². The van der Waals surface area contributed by atoms with Crippen molar-refractivity contribution in [2.45, 2.75) is 26.3 Å². The van der Waals surface area contributed by atoms with Crippen molar-refractivity contribution < 1.29 is 4.79 Å². The van der Waals surface area contributed by atoms with Gasteiger partial charge in [0.25, 0.3) is 0 Å². The predicted molar refractivity (Wildman–Crippen MR) is 81.2 cm³/mol. The average molecular weight is 278 g/mol. The molecule has 2 N–H and O–H groups in total. The second kappa shape index (κ2) is 8.66. The van der Waals surface area contributed by atoms with Crippen molar-refractivity contribution in [3.05, 3.63) is 29.6 Å². The smallest absolute Gasteiger partial charge is 0.223 e. The summed E-state index contributed by atoms with van der Waals surface area (Å²) >= 11 is 0. The highest BCUT2D eigenvalue weighted by Gasteiger charge is 2.10. The van der Waals surface area contributed by atoms with E-state index in [0.717, 1.165) is 37.4 Å². The van der Waals surface area contributed by atoms with Crippen LogP contribution in [0.2, 0.25) is 0 Å². The molecule has 0 saturated heterocycles. The van der Waals surface area contributed by atoms with E-state index in [1.807, 2.05) is 39.2 Å². The van der Waals surface area contributed by atoms with E-state index < -0.39 is 0 Å². The first-order valence-corrected chi connectivity index (χ1v) is 7.08. The molecule has 0 unspecified atom stereocenters. The first-order chi connectivity index (χ1) is 9.52. The Bertz CT molecular complexity index is 422. The Kier molecular flexibility index (Phi) is 7.18. The second-order valence-corrected chi connectivity index (χ2v) is 5.22. The van der Waals surface area contributed by atoms with E-state index in [1.54, 1.807) is 4.90 Å². The van der Waals surface area contributed by atoms with Crippen molar-refractivity contribution in [2.75, 3.05) is 33.7 Å². The first kappa shape index (κ1) is 16.6. The van der Waals surface area contributed by atoms with Gasteiger partial charge in [0, 0.05) is 38.8 Å². The summed E-state index contributed by atoms with van der Waals surface area (Å²) in [4.78, 5) is 20.2. The van der Waals surface area contributed by atoms with E-state index in [2.05, 4.69) is 9.88 Å². The molecule has 0 fully saturated rings. The molecule has 5 heteroatoms. The van der Waals surface area contributed by atoms with Crippen LogP contribution in [0.25, 0.3) is 0 Å². The molecule has 1 aromatic rings. The SMILES string of the molecule is Cc1cccc(CN(C)CCC(=O)N(C)CCCN)n1. The maximum atomic E-state index is 11.9. The fourth-order valence-corrected chi connectivity index (χ4v) is 1.97. The normalized spacial score (nSPS) is 10.8. The Morgan fingerprint density at radius 1 is 1.30 bits per heavy atom. The van der Waals surface area contributed by atoms with Crippen LogP contribution in [-0.4, -0.2) is 54.4 Å². The summed E-state index contributed by atoms with van der Waals surface area (Å²) < 4.78 is 0. The van der Waals surface area contributed by atoms with E-state index in [4.69, 9.17) is 5.73 Å². The van der Waals surface area contributed by atoms with E-state index >= 15 is 0 Å². The molecule has 1 aromatic heterocycles. The van der Waals surface area contributed by atoms with Crippen molar-refractivity contribution in [3.8, 4) is 0 Å². The predicted octanol–water partition coefficient (Wildman–Crippen LogP) is 1.02. The molecule has 0 atom stereocenters. The largest absolute Gasteiger partial charge is 0.346 e. The summed E-state index contributed by atoms with van der Waals surface area (Å²) in [6.07, 6.45) is 1.38. The lowest BCUT2D eigenvalue weighted by molar-refractivity contribution is -0.130. The van der Waals surface area contributed by atoms with Gasteiger partial charge in [0.2, 0.25) is 5.91 Å². The Hall–Kier alpha value is -1.46. The molecule has 112 valence electrons. The molecular formula is C15H26N4O. The highest BCUT2D eigenvalue weighted by atomic mass is 16.2. The molecule has 1 amide bonds. The molecule has 1 heterocycles. The van der Waals surface area contributed by atoms with Crippen molar-refractivity contribution in [2.24, 2.45) is 5.73 Å². The number of aryl methyl sites for hydroxylation is 1. The maximum Gasteiger partial charge on any atom is 0.223 e. The third kappa shape index (κ3) is 6.12. The highest BCUT2D eigenvalue weighted by Crippen LogP contribution is 2.03. The van der Waals surface area contributed by atoms with Gasteiger partial charge in [-0.15, -0.1) is 0 Å². The molecular weight excluding hydrogens is 252 g/mol. The van der Waals surface area contributed by atoms with Gasteiger partial charge in [-0.2, -0.15) is 0 Å². The van der Waals surface area contributed by atoms with Crippen LogP contribution in [-0.2, 0) is 11.3 Å². The van der Waals surface area contributed by atoms with Crippen molar-refractivity contribution in [1.82, 2.24) is 14.8 Å². The molecule has 0 aliphatic rings. The quantitative estimate of drug-likeness (QED) is 0.771. The first-order valence-electron chi connectivity index (χ1n) is 7.08.